The van der Waals surface area contributed by atoms with E-state index in [1.165, 1.54) is 23.1 Å². The minimum atomic E-state index is -0.548. The molecule has 0 saturated carbocycles. The van der Waals surface area contributed by atoms with Gasteiger partial charge < -0.3 is 15.1 Å². The summed E-state index contributed by atoms with van der Waals surface area (Å²) in [6.07, 6.45) is 0. The number of hydrogen-bond acceptors (Lipinski definition) is 3. The maximum atomic E-state index is 13.3. The number of rotatable bonds is 2. The van der Waals surface area contributed by atoms with Crippen molar-refractivity contribution in [3.05, 3.63) is 34.6 Å². The summed E-state index contributed by atoms with van der Waals surface area (Å²) in [5, 5.41) is 3.60. The molecule has 2 fully saturated rings. The zero-order valence-corrected chi connectivity index (χ0v) is 12.1. The molecule has 1 atom stereocenters. The third-order valence-corrected chi connectivity index (χ3v) is 4.25. The quantitative estimate of drug-likeness (QED) is 0.815. The van der Waals surface area contributed by atoms with Crippen LogP contribution in [0.25, 0.3) is 0 Å². The maximum absolute atomic E-state index is 13.3. The highest BCUT2D eigenvalue weighted by Gasteiger charge is 2.40. The summed E-state index contributed by atoms with van der Waals surface area (Å²) in [5.74, 6) is -1.44. The van der Waals surface area contributed by atoms with Gasteiger partial charge >= 0.3 is 11.8 Å². The van der Waals surface area contributed by atoms with E-state index in [0.29, 0.717) is 36.8 Å². The van der Waals surface area contributed by atoms with Crippen molar-refractivity contribution < 1.29 is 14.0 Å². The fourth-order valence-corrected chi connectivity index (χ4v) is 2.97. The molecule has 2 saturated heterocycles. The van der Waals surface area contributed by atoms with E-state index in [4.69, 9.17) is 11.6 Å². The molecule has 7 heteroatoms. The molecular weight excluding hydrogens is 297 g/mol. The molecule has 2 aliphatic heterocycles. The molecule has 0 spiro atoms. The van der Waals surface area contributed by atoms with Gasteiger partial charge in [-0.15, -0.1) is 0 Å². The summed E-state index contributed by atoms with van der Waals surface area (Å²) in [5.41, 5.74) is 0.509. The fourth-order valence-electron chi connectivity index (χ4n) is 2.79. The standard InChI is InChI=1S/C14H15ClFN3O2/c15-12-2-1-10(16)5-9(12)7-18-8-11-6-17-3-4-19(11)14(21)13(18)20/h1-2,5,11,17H,3-4,6-8H2. The molecule has 1 aromatic rings. The van der Waals surface area contributed by atoms with Gasteiger partial charge in [-0.25, -0.2) is 4.39 Å². The lowest BCUT2D eigenvalue weighted by Crippen LogP contribution is -2.65. The van der Waals surface area contributed by atoms with Crippen molar-refractivity contribution in [1.29, 1.82) is 0 Å². The van der Waals surface area contributed by atoms with Crippen LogP contribution in [-0.2, 0) is 16.1 Å². The zero-order chi connectivity index (χ0) is 15.0. The van der Waals surface area contributed by atoms with Gasteiger partial charge in [0.25, 0.3) is 0 Å². The van der Waals surface area contributed by atoms with Crippen LogP contribution in [0, 0.1) is 5.82 Å². The van der Waals surface area contributed by atoms with E-state index in [-0.39, 0.29) is 12.6 Å². The summed E-state index contributed by atoms with van der Waals surface area (Å²) >= 11 is 6.02. The highest BCUT2D eigenvalue weighted by Crippen LogP contribution is 2.22. The Morgan fingerprint density at radius 1 is 1.33 bits per heavy atom. The highest BCUT2D eigenvalue weighted by molar-refractivity contribution is 6.35. The molecule has 21 heavy (non-hydrogen) atoms. The molecule has 0 bridgehead atoms. The minimum Gasteiger partial charge on any atom is -0.328 e. The number of halogens is 2. The van der Waals surface area contributed by atoms with Crippen molar-refractivity contribution in [2.45, 2.75) is 12.6 Å². The molecule has 5 nitrogen and oxygen atoms in total. The number of nitrogens with zero attached hydrogens (tertiary/aromatic N) is 2. The molecule has 2 heterocycles. The lowest BCUT2D eigenvalue weighted by atomic mass is 10.1. The molecule has 1 N–H and O–H groups in total. The molecule has 3 rings (SSSR count). The molecule has 1 unspecified atom stereocenters. The van der Waals surface area contributed by atoms with Crippen molar-refractivity contribution in [1.82, 2.24) is 15.1 Å². The van der Waals surface area contributed by atoms with Crippen LogP contribution in [0.5, 0.6) is 0 Å². The Kier molecular flexibility index (Phi) is 3.82. The highest BCUT2D eigenvalue weighted by atomic mass is 35.5. The molecule has 0 aliphatic carbocycles. The van der Waals surface area contributed by atoms with Crippen molar-refractivity contribution in [2.24, 2.45) is 0 Å². The summed E-state index contributed by atoms with van der Waals surface area (Å²) < 4.78 is 13.3. The van der Waals surface area contributed by atoms with Gasteiger partial charge in [0.2, 0.25) is 0 Å². The van der Waals surface area contributed by atoms with E-state index in [2.05, 4.69) is 5.32 Å². The third-order valence-electron chi connectivity index (χ3n) is 3.88. The van der Waals surface area contributed by atoms with E-state index >= 15 is 0 Å². The monoisotopic (exact) mass is 311 g/mol. The Morgan fingerprint density at radius 3 is 2.95 bits per heavy atom. The predicted molar refractivity (Wildman–Crippen MR) is 75.2 cm³/mol. The first-order chi connectivity index (χ1) is 10.1. The summed E-state index contributed by atoms with van der Waals surface area (Å²) in [4.78, 5) is 27.3. The van der Waals surface area contributed by atoms with Gasteiger partial charge in [0.1, 0.15) is 5.82 Å². The van der Waals surface area contributed by atoms with Gasteiger partial charge in [-0.3, -0.25) is 9.59 Å². The van der Waals surface area contributed by atoms with Gasteiger partial charge in [0, 0.05) is 37.7 Å². The van der Waals surface area contributed by atoms with Crippen LogP contribution in [0.15, 0.2) is 18.2 Å². The molecule has 112 valence electrons. The molecular formula is C14H15ClFN3O2. The van der Waals surface area contributed by atoms with Crippen LogP contribution in [0.2, 0.25) is 5.02 Å². The van der Waals surface area contributed by atoms with Crippen molar-refractivity contribution in [2.75, 3.05) is 26.2 Å². The Balaban J connectivity index is 1.80. The number of hydrogen-bond donors (Lipinski definition) is 1. The van der Waals surface area contributed by atoms with Crippen LogP contribution in [0.4, 0.5) is 4.39 Å². The largest absolute Gasteiger partial charge is 0.328 e. The first-order valence-electron chi connectivity index (χ1n) is 6.81. The first kappa shape index (κ1) is 14.3. The zero-order valence-electron chi connectivity index (χ0n) is 11.3. The number of carbonyl (C=O) groups excluding carboxylic acids is 2. The van der Waals surface area contributed by atoms with Gasteiger partial charge in [-0.2, -0.15) is 0 Å². The van der Waals surface area contributed by atoms with Crippen molar-refractivity contribution >= 4 is 23.4 Å². The predicted octanol–water partition coefficient (Wildman–Crippen LogP) is 0.622. The number of fused-ring (bicyclic) bond motifs is 1. The van der Waals surface area contributed by atoms with E-state index in [9.17, 15) is 14.0 Å². The second-order valence-electron chi connectivity index (χ2n) is 5.28. The van der Waals surface area contributed by atoms with Crippen LogP contribution >= 0.6 is 11.6 Å². The van der Waals surface area contributed by atoms with Gasteiger partial charge in [-0.1, -0.05) is 11.6 Å². The average molecular weight is 312 g/mol. The van der Waals surface area contributed by atoms with Crippen molar-refractivity contribution in [3.63, 3.8) is 0 Å². The molecule has 1 aromatic carbocycles. The lowest BCUT2D eigenvalue weighted by molar-refractivity contribution is -0.160. The number of piperazine rings is 2. The van der Waals surface area contributed by atoms with Crippen LogP contribution < -0.4 is 5.32 Å². The van der Waals surface area contributed by atoms with Crippen LogP contribution in [0.1, 0.15) is 5.56 Å². The maximum Gasteiger partial charge on any atom is 0.312 e. The third kappa shape index (κ3) is 2.73. The average Bonchev–Trinajstić information content (AvgIpc) is 2.48. The molecule has 2 amide bonds. The lowest BCUT2D eigenvalue weighted by Gasteiger charge is -2.43. The summed E-state index contributed by atoms with van der Waals surface area (Å²) in [6, 6.07) is 3.99. The normalized spacial score (nSPS) is 22.5. The number of benzene rings is 1. The van der Waals surface area contributed by atoms with Crippen LogP contribution in [0.3, 0.4) is 0 Å². The topological polar surface area (TPSA) is 52.7 Å². The van der Waals surface area contributed by atoms with E-state index < -0.39 is 17.6 Å². The smallest absolute Gasteiger partial charge is 0.312 e. The van der Waals surface area contributed by atoms with Crippen LogP contribution in [-0.4, -0.2) is 53.8 Å². The minimum absolute atomic E-state index is 0.0312. The summed E-state index contributed by atoms with van der Waals surface area (Å²) in [6.45, 7) is 2.48. The molecule has 2 aliphatic rings. The molecule has 0 radical (unpaired) electrons. The Labute approximate surface area is 126 Å². The van der Waals surface area contributed by atoms with Gasteiger partial charge in [0.05, 0.1) is 6.04 Å². The number of carbonyl (C=O) groups is 2. The molecule has 0 aromatic heterocycles. The Bertz CT molecular complexity index is 596. The van der Waals surface area contributed by atoms with E-state index in [1.54, 1.807) is 4.90 Å². The van der Waals surface area contributed by atoms with Gasteiger partial charge in [-0.05, 0) is 23.8 Å². The number of nitrogens with one attached hydrogen (secondary N) is 1. The second-order valence-corrected chi connectivity index (χ2v) is 5.69. The fraction of sp³-hybridized carbons (Fsp3) is 0.429. The van der Waals surface area contributed by atoms with E-state index in [0.717, 1.165) is 0 Å². The van der Waals surface area contributed by atoms with E-state index in [1.807, 2.05) is 0 Å². The summed E-state index contributed by atoms with van der Waals surface area (Å²) in [7, 11) is 0. The van der Waals surface area contributed by atoms with Gasteiger partial charge in [0.15, 0.2) is 0 Å². The van der Waals surface area contributed by atoms with Crippen molar-refractivity contribution in [3.8, 4) is 0 Å². The second kappa shape index (κ2) is 5.61. The number of amides is 2. The Morgan fingerprint density at radius 2 is 2.14 bits per heavy atom. The first-order valence-corrected chi connectivity index (χ1v) is 7.18. The SMILES string of the molecule is O=C1C(=O)N2CCNCC2CN1Cc1cc(F)ccc1Cl. The Hall–Kier alpha value is -1.66.